The Morgan fingerprint density at radius 3 is 2.67 bits per heavy atom. The van der Waals surface area contributed by atoms with E-state index in [2.05, 4.69) is 15.6 Å². The van der Waals surface area contributed by atoms with Crippen LogP contribution in [-0.2, 0) is 12.0 Å². The number of benzene rings is 1. The number of hydrogen-bond donors (Lipinski definition) is 3. The van der Waals surface area contributed by atoms with E-state index in [4.69, 9.17) is 0 Å². The molecule has 0 saturated heterocycles. The van der Waals surface area contributed by atoms with Gasteiger partial charge in [-0.25, -0.2) is 4.79 Å². The average Bonchev–Trinajstić information content (AvgIpc) is 2.60. The van der Waals surface area contributed by atoms with Crippen molar-refractivity contribution in [2.75, 3.05) is 13.2 Å². The molecule has 0 bridgehead atoms. The molecule has 0 aliphatic rings. The molecule has 1 aromatic carbocycles. The maximum Gasteiger partial charge on any atom is 0.315 e. The number of rotatable bonds is 8. The van der Waals surface area contributed by atoms with Gasteiger partial charge < -0.3 is 15.7 Å². The lowest BCUT2D eigenvalue weighted by Gasteiger charge is -2.31. The molecule has 1 unspecified atom stereocenters. The molecule has 5 heteroatoms. The first-order chi connectivity index (χ1) is 11.6. The van der Waals surface area contributed by atoms with Gasteiger partial charge in [-0.1, -0.05) is 36.4 Å². The van der Waals surface area contributed by atoms with Gasteiger partial charge in [-0.2, -0.15) is 0 Å². The first-order valence-corrected chi connectivity index (χ1v) is 8.25. The summed E-state index contributed by atoms with van der Waals surface area (Å²) in [5.74, 6) is 0. The quantitative estimate of drug-likeness (QED) is 0.653. The van der Waals surface area contributed by atoms with Gasteiger partial charge in [0.2, 0.25) is 0 Å². The van der Waals surface area contributed by atoms with Crippen LogP contribution < -0.4 is 10.6 Å². The molecule has 24 heavy (non-hydrogen) atoms. The summed E-state index contributed by atoms with van der Waals surface area (Å²) in [6, 6.07) is 13.4. The monoisotopic (exact) mass is 327 g/mol. The number of aliphatic hydroxyl groups excluding tert-OH is 1. The van der Waals surface area contributed by atoms with E-state index in [-0.39, 0.29) is 12.6 Å². The fraction of sp³-hybridized carbons (Fsp3) is 0.368. The number of nitrogens with one attached hydrogen (secondary N) is 2. The summed E-state index contributed by atoms with van der Waals surface area (Å²) in [6.07, 6.45) is 5.77. The third-order valence-electron chi connectivity index (χ3n) is 4.06. The zero-order valence-electron chi connectivity index (χ0n) is 14.0. The Morgan fingerprint density at radius 2 is 2.00 bits per heavy atom. The van der Waals surface area contributed by atoms with E-state index in [1.807, 2.05) is 55.6 Å². The molecule has 0 aliphatic carbocycles. The van der Waals surface area contributed by atoms with Crippen molar-refractivity contribution in [1.29, 1.82) is 0 Å². The number of carbonyl (C=O) groups is 1. The molecular weight excluding hydrogens is 302 g/mol. The molecule has 1 atom stereocenters. The van der Waals surface area contributed by atoms with Crippen molar-refractivity contribution in [3.05, 3.63) is 66.0 Å². The van der Waals surface area contributed by atoms with Crippen LogP contribution in [-0.4, -0.2) is 29.3 Å². The van der Waals surface area contributed by atoms with Gasteiger partial charge in [-0.3, -0.25) is 4.98 Å². The molecule has 0 aliphatic heterocycles. The van der Waals surface area contributed by atoms with Crippen molar-refractivity contribution in [2.45, 2.75) is 31.7 Å². The molecule has 3 N–H and O–H groups in total. The lowest BCUT2D eigenvalue weighted by Crippen LogP contribution is -2.49. The van der Waals surface area contributed by atoms with Crippen LogP contribution in [0.1, 0.15) is 30.9 Å². The summed E-state index contributed by atoms with van der Waals surface area (Å²) in [7, 11) is 0. The van der Waals surface area contributed by atoms with E-state index in [1.54, 1.807) is 6.20 Å². The zero-order valence-corrected chi connectivity index (χ0v) is 14.0. The normalized spacial score (nSPS) is 13.1. The Hall–Kier alpha value is -2.40. The second-order valence-corrected chi connectivity index (χ2v) is 6.02. The van der Waals surface area contributed by atoms with Gasteiger partial charge in [0.25, 0.3) is 0 Å². The summed E-state index contributed by atoms with van der Waals surface area (Å²) in [5.41, 5.74) is 1.54. The van der Waals surface area contributed by atoms with Gasteiger partial charge >= 0.3 is 6.03 Å². The largest absolute Gasteiger partial charge is 0.396 e. The van der Waals surface area contributed by atoms with Crippen LogP contribution in [0, 0.1) is 0 Å². The Bertz CT molecular complexity index is 619. The van der Waals surface area contributed by atoms with Crippen molar-refractivity contribution in [3.8, 4) is 0 Å². The molecule has 0 radical (unpaired) electrons. The fourth-order valence-corrected chi connectivity index (χ4v) is 2.64. The average molecular weight is 327 g/mol. The highest BCUT2D eigenvalue weighted by molar-refractivity contribution is 5.75. The topological polar surface area (TPSA) is 74.2 Å². The highest BCUT2D eigenvalue weighted by Gasteiger charge is 2.27. The molecule has 2 amide bonds. The van der Waals surface area contributed by atoms with Crippen LogP contribution in [0.3, 0.4) is 0 Å². The van der Waals surface area contributed by atoms with E-state index in [0.29, 0.717) is 13.0 Å². The number of nitrogens with zero attached hydrogens (tertiary/aromatic N) is 1. The molecule has 1 aromatic heterocycles. The number of carbonyl (C=O) groups excluding carboxylic acids is 1. The molecule has 0 spiro atoms. The Balaban J connectivity index is 1.82. The van der Waals surface area contributed by atoms with E-state index < -0.39 is 5.54 Å². The van der Waals surface area contributed by atoms with Crippen LogP contribution in [0.2, 0.25) is 0 Å². The van der Waals surface area contributed by atoms with Gasteiger partial charge in [0.1, 0.15) is 0 Å². The van der Waals surface area contributed by atoms with E-state index in [1.165, 1.54) is 0 Å². The number of pyridine rings is 1. The van der Waals surface area contributed by atoms with Gasteiger partial charge in [-0.05, 0) is 43.4 Å². The second kappa shape index (κ2) is 9.03. The van der Waals surface area contributed by atoms with Crippen LogP contribution in [0.4, 0.5) is 4.79 Å². The predicted octanol–water partition coefficient (Wildman–Crippen LogP) is 2.61. The third kappa shape index (κ3) is 5.35. The lowest BCUT2D eigenvalue weighted by atomic mass is 9.89. The summed E-state index contributed by atoms with van der Waals surface area (Å²) >= 11 is 0. The van der Waals surface area contributed by atoms with Crippen molar-refractivity contribution < 1.29 is 9.90 Å². The van der Waals surface area contributed by atoms with Gasteiger partial charge in [0, 0.05) is 25.5 Å². The Labute approximate surface area is 143 Å². The molecule has 2 rings (SSSR count). The minimum atomic E-state index is -0.594. The number of hydrogen-bond acceptors (Lipinski definition) is 3. The zero-order chi connectivity index (χ0) is 17.3. The third-order valence-corrected chi connectivity index (χ3v) is 4.06. The molecule has 0 fully saturated rings. The summed E-state index contributed by atoms with van der Waals surface area (Å²) in [6.45, 7) is 2.52. The van der Waals surface area contributed by atoms with Gasteiger partial charge in [-0.15, -0.1) is 0 Å². The van der Waals surface area contributed by atoms with Crippen LogP contribution >= 0.6 is 0 Å². The number of urea groups is 1. The standard InChI is InChI=1S/C19H25N3O2/c1-19(11-14-23,17-9-3-2-4-10-17)22-18(24)21-13-6-8-16-7-5-12-20-15-16/h2-5,7,9-10,12,15,23H,6,8,11,13-14H2,1H3,(H2,21,22,24). The van der Waals surface area contributed by atoms with Crippen molar-refractivity contribution in [3.63, 3.8) is 0 Å². The molecule has 0 saturated carbocycles. The van der Waals surface area contributed by atoms with Crippen LogP contribution in [0.25, 0.3) is 0 Å². The minimum Gasteiger partial charge on any atom is -0.396 e. The van der Waals surface area contributed by atoms with Gasteiger partial charge in [0.05, 0.1) is 5.54 Å². The van der Waals surface area contributed by atoms with Gasteiger partial charge in [0.15, 0.2) is 0 Å². The Morgan fingerprint density at radius 1 is 1.21 bits per heavy atom. The van der Waals surface area contributed by atoms with Crippen molar-refractivity contribution in [2.24, 2.45) is 0 Å². The van der Waals surface area contributed by atoms with Crippen molar-refractivity contribution in [1.82, 2.24) is 15.6 Å². The number of aryl methyl sites for hydroxylation is 1. The second-order valence-electron chi connectivity index (χ2n) is 6.02. The molecule has 2 aromatic rings. The number of aliphatic hydroxyl groups is 1. The molecule has 128 valence electrons. The van der Waals surface area contributed by atoms with E-state index in [9.17, 15) is 9.90 Å². The maximum atomic E-state index is 12.2. The van der Waals surface area contributed by atoms with E-state index >= 15 is 0 Å². The maximum absolute atomic E-state index is 12.2. The summed E-state index contributed by atoms with van der Waals surface area (Å²) in [4.78, 5) is 16.3. The molecule has 5 nitrogen and oxygen atoms in total. The number of aromatic nitrogens is 1. The smallest absolute Gasteiger partial charge is 0.315 e. The number of amides is 2. The van der Waals surface area contributed by atoms with Crippen molar-refractivity contribution >= 4 is 6.03 Å². The molecular formula is C19H25N3O2. The Kier molecular flexibility index (Phi) is 6.75. The SMILES string of the molecule is CC(CCO)(NC(=O)NCCCc1cccnc1)c1ccccc1. The minimum absolute atomic E-state index is 0.00663. The van der Waals surface area contributed by atoms with Crippen LogP contribution in [0.5, 0.6) is 0 Å². The summed E-state index contributed by atoms with van der Waals surface area (Å²) < 4.78 is 0. The molecule has 1 heterocycles. The highest BCUT2D eigenvalue weighted by Crippen LogP contribution is 2.24. The van der Waals surface area contributed by atoms with E-state index in [0.717, 1.165) is 24.0 Å². The summed E-state index contributed by atoms with van der Waals surface area (Å²) in [5, 5.41) is 15.2. The van der Waals surface area contributed by atoms with Crippen LogP contribution in [0.15, 0.2) is 54.9 Å². The first kappa shape index (κ1) is 17.9. The predicted molar refractivity (Wildman–Crippen MR) is 94.6 cm³/mol. The highest BCUT2D eigenvalue weighted by atomic mass is 16.3. The first-order valence-electron chi connectivity index (χ1n) is 8.25. The lowest BCUT2D eigenvalue weighted by molar-refractivity contribution is 0.204. The fourth-order valence-electron chi connectivity index (χ4n) is 2.64.